The number of fused-ring (bicyclic) bond motifs is 1. The van der Waals surface area contributed by atoms with E-state index >= 15 is 0 Å². The monoisotopic (exact) mass is 228 g/mol. The van der Waals surface area contributed by atoms with Crippen LogP contribution in [0.4, 0.5) is 5.82 Å². The van der Waals surface area contributed by atoms with E-state index in [9.17, 15) is 4.79 Å². The van der Waals surface area contributed by atoms with E-state index in [0.29, 0.717) is 22.4 Å². The van der Waals surface area contributed by atoms with Crippen LogP contribution in [0.25, 0.3) is 11.0 Å². The molecule has 2 aromatic rings. The van der Waals surface area contributed by atoms with Crippen LogP contribution in [0.3, 0.4) is 0 Å². The number of nitrogen functional groups attached to an aromatic ring is 1. The van der Waals surface area contributed by atoms with E-state index in [1.54, 1.807) is 18.2 Å². The largest absolute Gasteiger partial charge is 0.465 e. The smallest absolute Gasteiger partial charge is 0.337 e. The highest BCUT2D eigenvalue weighted by Crippen LogP contribution is 2.21. The van der Waals surface area contributed by atoms with E-state index in [4.69, 9.17) is 10.3 Å². The molecule has 0 saturated heterocycles. The maximum Gasteiger partial charge on any atom is 0.337 e. The molecule has 5 nitrogen and oxygen atoms in total. The summed E-state index contributed by atoms with van der Waals surface area (Å²) in [5.74, 6) is -0.0988. The van der Waals surface area contributed by atoms with Crippen LogP contribution < -0.4 is 5.73 Å². The third-order valence-electron chi connectivity index (χ3n) is 1.92. The Hall–Kier alpha value is -1.75. The third kappa shape index (κ3) is 1.87. The van der Waals surface area contributed by atoms with Gasteiger partial charge in [0.05, 0.1) is 18.1 Å². The molecule has 80 valence electrons. The molecule has 0 unspecified atom stereocenters. The van der Waals surface area contributed by atoms with Crippen molar-refractivity contribution < 1.29 is 14.1 Å². The molecular weight excluding hydrogens is 220 g/mol. The minimum absolute atomic E-state index is 0. The average Bonchev–Trinajstić information content (AvgIpc) is 2.59. The predicted molar refractivity (Wildman–Crippen MR) is 57.0 cm³/mol. The van der Waals surface area contributed by atoms with Crippen LogP contribution in [0.2, 0.25) is 0 Å². The summed E-state index contributed by atoms with van der Waals surface area (Å²) in [6.45, 7) is 0. The number of rotatable bonds is 1. The van der Waals surface area contributed by atoms with Crippen molar-refractivity contribution in [1.82, 2.24) is 5.16 Å². The molecule has 15 heavy (non-hydrogen) atoms. The fraction of sp³-hybridized carbons (Fsp3) is 0.111. The van der Waals surface area contributed by atoms with Gasteiger partial charge in [0.15, 0.2) is 11.4 Å². The Balaban J connectivity index is 0.00000112. The summed E-state index contributed by atoms with van der Waals surface area (Å²) in [7, 11) is 1.32. The summed E-state index contributed by atoms with van der Waals surface area (Å²) in [4.78, 5) is 11.1. The minimum atomic E-state index is -0.415. The normalized spacial score (nSPS) is 9.67. The Morgan fingerprint density at radius 2 is 2.27 bits per heavy atom. The highest BCUT2D eigenvalue weighted by Gasteiger charge is 2.10. The number of nitrogens with zero attached hydrogens (tertiary/aromatic N) is 1. The highest BCUT2D eigenvalue weighted by molar-refractivity contribution is 5.96. The van der Waals surface area contributed by atoms with Crippen molar-refractivity contribution in [3.8, 4) is 0 Å². The first kappa shape index (κ1) is 11.3. The van der Waals surface area contributed by atoms with Crippen molar-refractivity contribution in [2.75, 3.05) is 12.8 Å². The zero-order valence-corrected chi connectivity index (χ0v) is 8.71. The third-order valence-corrected chi connectivity index (χ3v) is 1.92. The minimum Gasteiger partial charge on any atom is -0.465 e. The fourth-order valence-corrected chi connectivity index (χ4v) is 1.20. The standard InChI is InChI=1S/C9H8N2O3.ClH/c1-13-9(12)5-2-3-6-7(4-5)14-11-8(6)10;/h2-4H,1H3,(H2,10,11);1H. The zero-order chi connectivity index (χ0) is 10.1. The van der Waals surface area contributed by atoms with Crippen LogP contribution >= 0.6 is 12.4 Å². The van der Waals surface area contributed by atoms with Crippen molar-refractivity contribution >= 4 is 35.2 Å². The number of hydrogen-bond donors (Lipinski definition) is 1. The van der Waals surface area contributed by atoms with E-state index in [1.807, 2.05) is 0 Å². The van der Waals surface area contributed by atoms with Crippen LogP contribution in [0, 0.1) is 0 Å². The lowest BCUT2D eigenvalue weighted by Gasteiger charge is -1.97. The summed E-state index contributed by atoms with van der Waals surface area (Å²) < 4.78 is 9.46. The van der Waals surface area contributed by atoms with E-state index < -0.39 is 5.97 Å². The van der Waals surface area contributed by atoms with Gasteiger partial charge in [-0.25, -0.2) is 4.79 Å². The lowest BCUT2D eigenvalue weighted by atomic mass is 10.2. The van der Waals surface area contributed by atoms with Gasteiger partial charge in [-0.05, 0) is 18.2 Å². The summed E-state index contributed by atoms with van der Waals surface area (Å²) in [6.07, 6.45) is 0. The molecule has 2 N–H and O–H groups in total. The lowest BCUT2D eigenvalue weighted by Crippen LogP contribution is -2.00. The maximum atomic E-state index is 11.1. The van der Waals surface area contributed by atoms with Gasteiger partial charge in [-0.2, -0.15) is 0 Å². The number of halogens is 1. The van der Waals surface area contributed by atoms with Crippen LogP contribution in [-0.4, -0.2) is 18.2 Å². The van der Waals surface area contributed by atoms with Gasteiger partial charge in [-0.3, -0.25) is 0 Å². The fourth-order valence-electron chi connectivity index (χ4n) is 1.20. The molecule has 1 heterocycles. The van der Waals surface area contributed by atoms with Gasteiger partial charge in [-0.1, -0.05) is 5.16 Å². The van der Waals surface area contributed by atoms with E-state index in [2.05, 4.69) is 9.89 Å². The molecule has 1 aromatic heterocycles. The molecule has 0 spiro atoms. The summed E-state index contributed by atoms with van der Waals surface area (Å²) in [5, 5.41) is 4.26. The first-order valence-corrected chi connectivity index (χ1v) is 3.95. The Labute approximate surface area is 91.6 Å². The summed E-state index contributed by atoms with van der Waals surface area (Å²) >= 11 is 0. The van der Waals surface area contributed by atoms with E-state index in [0.717, 1.165) is 0 Å². The molecule has 6 heteroatoms. The van der Waals surface area contributed by atoms with Gasteiger partial charge in [0.2, 0.25) is 0 Å². The topological polar surface area (TPSA) is 78.4 Å². The molecule has 1 aromatic carbocycles. The Morgan fingerprint density at radius 3 is 2.93 bits per heavy atom. The molecule has 0 atom stereocenters. The number of carbonyl (C=O) groups excluding carboxylic acids is 1. The number of carbonyl (C=O) groups is 1. The molecule has 0 amide bonds. The summed E-state index contributed by atoms with van der Waals surface area (Å²) in [5.41, 5.74) is 6.40. The molecule has 0 aliphatic carbocycles. The van der Waals surface area contributed by atoms with Crippen molar-refractivity contribution in [3.63, 3.8) is 0 Å². The van der Waals surface area contributed by atoms with Crippen molar-refractivity contribution in [3.05, 3.63) is 23.8 Å². The average molecular weight is 229 g/mol. The van der Waals surface area contributed by atoms with Gasteiger partial charge in [0.1, 0.15) is 0 Å². The Morgan fingerprint density at radius 1 is 1.53 bits per heavy atom. The Kier molecular flexibility index (Phi) is 3.16. The molecule has 0 fully saturated rings. The van der Waals surface area contributed by atoms with Crippen molar-refractivity contribution in [2.45, 2.75) is 0 Å². The second-order valence-corrected chi connectivity index (χ2v) is 2.77. The molecule has 0 aliphatic heterocycles. The Bertz CT molecular complexity index is 495. The molecule has 0 aliphatic rings. The van der Waals surface area contributed by atoms with Crippen LogP contribution in [0.1, 0.15) is 10.4 Å². The van der Waals surface area contributed by atoms with Gasteiger partial charge in [0, 0.05) is 0 Å². The first-order valence-electron chi connectivity index (χ1n) is 3.95. The molecule has 2 rings (SSSR count). The van der Waals surface area contributed by atoms with Gasteiger partial charge in [0.25, 0.3) is 0 Å². The number of aromatic nitrogens is 1. The number of esters is 1. The lowest BCUT2D eigenvalue weighted by molar-refractivity contribution is 0.0601. The number of anilines is 1. The highest BCUT2D eigenvalue weighted by atomic mass is 35.5. The maximum absolute atomic E-state index is 11.1. The SMILES string of the molecule is COC(=O)c1ccc2c(N)noc2c1.Cl. The second kappa shape index (κ2) is 4.18. The predicted octanol–water partition coefficient (Wildman–Crippen LogP) is 1.62. The second-order valence-electron chi connectivity index (χ2n) is 2.77. The molecular formula is C9H9ClN2O3. The number of nitrogens with two attached hydrogens (primary N) is 1. The molecule has 0 radical (unpaired) electrons. The number of ether oxygens (including phenoxy) is 1. The van der Waals surface area contributed by atoms with Gasteiger partial charge < -0.3 is 15.0 Å². The quantitative estimate of drug-likeness (QED) is 0.751. The van der Waals surface area contributed by atoms with Crippen LogP contribution in [-0.2, 0) is 4.74 Å². The van der Waals surface area contributed by atoms with Gasteiger partial charge in [-0.15, -0.1) is 12.4 Å². The number of methoxy groups -OCH3 is 1. The zero-order valence-electron chi connectivity index (χ0n) is 7.89. The number of hydrogen-bond acceptors (Lipinski definition) is 5. The summed E-state index contributed by atoms with van der Waals surface area (Å²) in [6, 6.07) is 4.83. The molecule has 0 bridgehead atoms. The van der Waals surface area contributed by atoms with Crippen LogP contribution in [0.15, 0.2) is 22.7 Å². The van der Waals surface area contributed by atoms with Crippen molar-refractivity contribution in [2.24, 2.45) is 0 Å². The number of benzene rings is 1. The van der Waals surface area contributed by atoms with Crippen LogP contribution in [0.5, 0.6) is 0 Å². The van der Waals surface area contributed by atoms with E-state index in [-0.39, 0.29) is 12.4 Å². The van der Waals surface area contributed by atoms with E-state index in [1.165, 1.54) is 7.11 Å². The van der Waals surface area contributed by atoms with Gasteiger partial charge >= 0.3 is 5.97 Å². The van der Waals surface area contributed by atoms with Crippen molar-refractivity contribution in [1.29, 1.82) is 0 Å². The molecule has 0 saturated carbocycles. The first-order chi connectivity index (χ1) is 6.72.